The third kappa shape index (κ3) is 2.93. The van der Waals surface area contributed by atoms with Gasteiger partial charge >= 0.3 is 0 Å². The first kappa shape index (κ1) is 14.0. The van der Waals surface area contributed by atoms with Crippen LogP contribution in [0.4, 0.5) is 0 Å². The Morgan fingerprint density at radius 2 is 1.79 bits per heavy atom. The van der Waals surface area contributed by atoms with Crippen molar-refractivity contribution in [3.8, 4) is 17.2 Å². The molecule has 0 atom stereocenters. The first-order chi connectivity index (χ1) is 9.02. The van der Waals surface area contributed by atoms with Crippen molar-refractivity contribution < 1.29 is 0 Å². The molecule has 0 fully saturated rings. The molecule has 0 radical (unpaired) electrons. The first-order valence-corrected chi connectivity index (χ1v) is 6.40. The summed E-state index contributed by atoms with van der Waals surface area (Å²) in [7, 11) is 0. The Balaban J connectivity index is 2.69. The Morgan fingerprint density at radius 3 is 2.37 bits per heavy atom. The van der Waals surface area contributed by atoms with E-state index in [9.17, 15) is 4.79 Å². The van der Waals surface area contributed by atoms with E-state index in [1.165, 1.54) is 18.3 Å². The molecule has 96 valence electrons. The molecule has 0 spiro atoms. The van der Waals surface area contributed by atoms with Crippen molar-refractivity contribution in [2.75, 3.05) is 0 Å². The molecule has 1 aromatic carbocycles. The van der Waals surface area contributed by atoms with E-state index in [1.807, 2.05) is 6.07 Å². The van der Waals surface area contributed by atoms with Gasteiger partial charge in [0.15, 0.2) is 0 Å². The quantitative estimate of drug-likeness (QED) is 0.908. The Kier molecular flexibility index (Phi) is 4.16. The second-order valence-corrected chi connectivity index (χ2v) is 5.08. The highest BCUT2D eigenvalue weighted by molar-refractivity contribution is 6.41. The molecule has 1 aromatic heterocycles. The molecule has 19 heavy (non-hydrogen) atoms. The number of nitrogens with zero attached hydrogens (tertiary/aromatic N) is 1. The van der Waals surface area contributed by atoms with Gasteiger partial charge in [0, 0.05) is 16.8 Å². The standard InChI is InChI=1S/C13H7Cl3N2O/c14-8-4-10(15)12(11(16)5-8)9-3-7(1-2-17)6-18-13(9)19/h3-6H,1H2,(H,18,19). The number of nitrogens with one attached hydrogen (secondary N) is 1. The van der Waals surface area contributed by atoms with Gasteiger partial charge in [0.1, 0.15) is 0 Å². The van der Waals surface area contributed by atoms with Crippen LogP contribution in [0.2, 0.25) is 15.1 Å². The number of aromatic amines is 1. The summed E-state index contributed by atoms with van der Waals surface area (Å²) in [6.07, 6.45) is 1.68. The lowest BCUT2D eigenvalue weighted by Gasteiger charge is -2.08. The first-order valence-electron chi connectivity index (χ1n) is 5.26. The van der Waals surface area contributed by atoms with Crippen molar-refractivity contribution in [1.29, 1.82) is 5.26 Å². The van der Waals surface area contributed by atoms with Crippen LogP contribution in [0.15, 0.2) is 29.2 Å². The summed E-state index contributed by atoms with van der Waals surface area (Å²) in [6, 6.07) is 6.64. The lowest BCUT2D eigenvalue weighted by atomic mass is 10.0. The zero-order valence-corrected chi connectivity index (χ0v) is 11.8. The fourth-order valence-corrected chi connectivity index (χ4v) is 2.73. The van der Waals surface area contributed by atoms with Crippen LogP contribution in [0.5, 0.6) is 0 Å². The number of pyridine rings is 1. The van der Waals surface area contributed by atoms with E-state index >= 15 is 0 Å². The topological polar surface area (TPSA) is 56.6 Å². The number of hydrogen-bond acceptors (Lipinski definition) is 2. The third-order valence-electron chi connectivity index (χ3n) is 2.52. The fraction of sp³-hybridized carbons (Fsp3) is 0.0769. The number of halogens is 3. The maximum absolute atomic E-state index is 11.9. The maximum atomic E-state index is 11.9. The zero-order valence-electron chi connectivity index (χ0n) is 9.51. The SMILES string of the molecule is N#CCc1c[nH]c(=O)c(-c2c(Cl)cc(Cl)cc2Cl)c1. The maximum Gasteiger partial charge on any atom is 0.255 e. The molecule has 0 saturated heterocycles. The van der Waals surface area contributed by atoms with E-state index < -0.39 is 0 Å². The van der Waals surface area contributed by atoms with E-state index in [0.717, 1.165) is 0 Å². The molecule has 0 amide bonds. The average Bonchev–Trinajstić information content (AvgIpc) is 2.32. The highest BCUT2D eigenvalue weighted by atomic mass is 35.5. The van der Waals surface area contributed by atoms with Gasteiger partial charge in [0.05, 0.1) is 28.1 Å². The van der Waals surface area contributed by atoms with E-state index in [4.69, 9.17) is 40.1 Å². The number of aromatic nitrogens is 1. The van der Waals surface area contributed by atoms with Crippen LogP contribution in [-0.2, 0) is 6.42 Å². The second kappa shape index (κ2) is 5.66. The molecular weight excluding hydrogens is 307 g/mol. The second-order valence-electron chi connectivity index (χ2n) is 3.83. The summed E-state index contributed by atoms with van der Waals surface area (Å²) < 4.78 is 0. The highest BCUT2D eigenvalue weighted by Crippen LogP contribution is 2.35. The number of H-pyrrole nitrogens is 1. The molecule has 0 aliphatic carbocycles. The largest absolute Gasteiger partial charge is 0.328 e. The lowest BCUT2D eigenvalue weighted by Crippen LogP contribution is -2.09. The summed E-state index contributed by atoms with van der Waals surface area (Å²) in [4.78, 5) is 14.4. The van der Waals surface area contributed by atoms with Crippen LogP contribution >= 0.6 is 34.8 Å². The molecule has 1 heterocycles. The minimum absolute atomic E-state index is 0.187. The highest BCUT2D eigenvalue weighted by Gasteiger charge is 2.14. The normalized spacial score (nSPS) is 10.2. The molecule has 0 saturated carbocycles. The van der Waals surface area contributed by atoms with Crippen molar-refractivity contribution in [1.82, 2.24) is 4.98 Å². The molecule has 3 nitrogen and oxygen atoms in total. The van der Waals surface area contributed by atoms with Crippen LogP contribution in [0, 0.1) is 11.3 Å². The van der Waals surface area contributed by atoms with Crippen molar-refractivity contribution in [2.24, 2.45) is 0 Å². The zero-order chi connectivity index (χ0) is 14.0. The van der Waals surface area contributed by atoms with Gasteiger partial charge in [-0.1, -0.05) is 34.8 Å². The summed E-state index contributed by atoms with van der Waals surface area (Å²) in [5, 5.41) is 9.65. The van der Waals surface area contributed by atoms with E-state index in [2.05, 4.69) is 4.98 Å². The van der Waals surface area contributed by atoms with Gasteiger partial charge in [0.25, 0.3) is 5.56 Å². The van der Waals surface area contributed by atoms with E-state index in [1.54, 1.807) is 6.07 Å². The molecule has 1 N–H and O–H groups in total. The van der Waals surface area contributed by atoms with Crippen molar-refractivity contribution in [3.63, 3.8) is 0 Å². The third-order valence-corrected chi connectivity index (χ3v) is 3.34. The lowest BCUT2D eigenvalue weighted by molar-refractivity contribution is 1.15. The molecule has 0 unspecified atom stereocenters. The average molecular weight is 314 g/mol. The summed E-state index contributed by atoms with van der Waals surface area (Å²) in [5.41, 5.74) is 1.08. The smallest absolute Gasteiger partial charge is 0.255 e. The van der Waals surface area contributed by atoms with Crippen molar-refractivity contribution in [2.45, 2.75) is 6.42 Å². The Labute approximate surface area is 124 Å². The molecule has 6 heteroatoms. The number of rotatable bonds is 2. The number of nitriles is 1. The molecule has 2 rings (SSSR count). The number of benzene rings is 1. The molecular formula is C13H7Cl3N2O. The van der Waals surface area contributed by atoms with Crippen molar-refractivity contribution >= 4 is 34.8 Å². The Bertz CT molecular complexity index is 708. The van der Waals surface area contributed by atoms with Gasteiger partial charge in [-0.3, -0.25) is 4.79 Å². The van der Waals surface area contributed by atoms with Crippen LogP contribution in [0.1, 0.15) is 5.56 Å². The van der Waals surface area contributed by atoms with Gasteiger partial charge in [0.2, 0.25) is 0 Å². The Hall–Kier alpha value is -1.47. The summed E-state index contributed by atoms with van der Waals surface area (Å²) >= 11 is 18.0. The van der Waals surface area contributed by atoms with Gasteiger partial charge < -0.3 is 4.98 Å². The molecule has 0 bridgehead atoms. The molecule has 2 aromatic rings. The van der Waals surface area contributed by atoms with Crippen LogP contribution in [0.25, 0.3) is 11.1 Å². The summed E-state index contributed by atoms with van der Waals surface area (Å²) in [6.45, 7) is 0. The van der Waals surface area contributed by atoms with Gasteiger partial charge in [-0.2, -0.15) is 5.26 Å². The minimum atomic E-state index is -0.326. The van der Waals surface area contributed by atoms with E-state index in [-0.39, 0.29) is 22.0 Å². The van der Waals surface area contributed by atoms with Crippen LogP contribution < -0.4 is 5.56 Å². The molecule has 0 aliphatic heterocycles. The van der Waals surface area contributed by atoms with Gasteiger partial charge in [-0.15, -0.1) is 0 Å². The van der Waals surface area contributed by atoms with E-state index in [0.29, 0.717) is 21.7 Å². The predicted molar refractivity (Wildman–Crippen MR) is 76.8 cm³/mol. The monoisotopic (exact) mass is 312 g/mol. The van der Waals surface area contributed by atoms with Crippen LogP contribution in [-0.4, -0.2) is 4.98 Å². The number of hydrogen-bond donors (Lipinski definition) is 1. The van der Waals surface area contributed by atoms with Crippen LogP contribution in [0.3, 0.4) is 0 Å². The fourth-order valence-electron chi connectivity index (χ4n) is 1.71. The Morgan fingerprint density at radius 1 is 1.16 bits per heavy atom. The minimum Gasteiger partial charge on any atom is -0.328 e. The van der Waals surface area contributed by atoms with Gasteiger partial charge in [-0.05, 0) is 23.8 Å². The summed E-state index contributed by atoms with van der Waals surface area (Å²) in [5.74, 6) is 0. The van der Waals surface area contributed by atoms with Crippen molar-refractivity contribution in [3.05, 3.63) is 55.4 Å². The molecule has 0 aliphatic rings. The predicted octanol–water partition coefficient (Wildman–Crippen LogP) is 4.07. The van der Waals surface area contributed by atoms with Gasteiger partial charge in [-0.25, -0.2) is 0 Å².